The number of aryl methyl sites for hydroxylation is 1. The molecule has 1 amide bonds. The Morgan fingerprint density at radius 3 is 3.05 bits per heavy atom. The van der Waals surface area contributed by atoms with E-state index in [9.17, 15) is 4.79 Å². The standard InChI is InChI=1S/C17H20BrN3O/c1-11-7-15(14-8-13(18)3-4-16(14)20-11)17(22)21-6-5-12(10-21)9-19-2/h3-4,7-8,12,19H,5-6,9-10H2,1-2H3. The number of amides is 1. The van der Waals surface area contributed by atoms with Crippen LogP contribution in [-0.4, -0.2) is 42.5 Å². The molecule has 3 rings (SSSR count). The molecule has 1 unspecified atom stereocenters. The lowest BCUT2D eigenvalue weighted by Gasteiger charge is -2.18. The number of aromatic nitrogens is 1. The van der Waals surface area contributed by atoms with Crippen LogP contribution in [0.25, 0.3) is 10.9 Å². The van der Waals surface area contributed by atoms with E-state index in [1.54, 1.807) is 0 Å². The molecule has 0 saturated carbocycles. The van der Waals surface area contributed by atoms with Gasteiger partial charge in [0.05, 0.1) is 11.1 Å². The van der Waals surface area contributed by atoms with Crippen LogP contribution < -0.4 is 5.32 Å². The predicted molar refractivity (Wildman–Crippen MR) is 92.1 cm³/mol. The fourth-order valence-electron chi connectivity index (χ4n) is 3.15. The van der Waals surface area contributed by atoms with Crippen LogP contribution in [0.2, 0.25) is 0 Å². The Balaban J connectivity index is 1.95. The first-order chi connectivity index (χ1) is 10.6. The van der Waals surface area contributed by atoms with Gasteiger partial charge in [0, 0.05) is 28.6 Å². The lowest BCUT2D eigenvalue weighted by Crippen LogP contribution is -2.30. The summed E-state index contributed by atoms with van der Waals surface area (Å²) in [6.45, 7) is 4.57. The molecule has 1 aliphatic heterocycles. The molecule has 1 atom stereocenters. The number of hydrogen-bond acceptors (Lipinski definition) is 3. The van der Waals surface area contributed by atoms with E-state index >= 15 is 0 Å². The summed E-state index contributed by atoms with van der Waals surface area (Å²) in [7, 11) is 1.96. The Hall–Kier alpha value is -1.46. The van der Waals surface area contributed by atoms with Gasteiger partial charge in [-0.3, -0.25) is 9.78 Å². The highest BCUT2D eigenvalue weighted by molar-refractivity contribution is 9.10. The van der Waals surface area contributed by atoms with Crippen LogP contribution in [0.15, 0.2) is 28.7 Å². The second kappa shape index (κ2) is 6.34. The number of likely N-dealkylation sites (tertiary alicyclic amines) is 1. The van der Waals surface area contributed by atoms with Crippen molar-refractivity contribution in [1.82, 2.24) is 15.2 Å². The minimum absolute atomic E-state index is 0.118. The first-order valence-electron chi connectivity index (χ1n) is 7.59. The molecular weight excluding hydrogens is 342 g/mol. The van der Waals surface area contributed by atoms with Crippen molar-refractivity contribution in [3.8, 4) is 0 Å². The van der Waals surface area contributed by atoms with Gasteiger partial charge in [0.1, 0.15) is 0 Å². The summed E-state index contributed by atoms with van der Waals surface area (Å²) < 4.78 is 0.967. The van der Waals surface area contributed by atoms with Crippen LogP contribution >= 0.6 is 15.9 Å². The van der Waals surface area contributed by atoms with E-state index in [0.29, 0.717) is 5.92 Å². The average Bonchev–Trinajstić information content (AvgIpc) is 2.95. The summed E-state index contributed by atoms with van der Waals surface area (Å²) in [6.07, 6.45) is 1.07. The number of nitrogens with one attached hydrogen (secondary N) is 1. The van der Waals surface area contributed by atoms with Gasteiger partial charge in [-0.15, -0.1) is 0 Å². The second-order valence-corrected chi connectivity index (χ2v) is 6.85. The summed E-state index contributed by atoms with van der Waals surface area (Å²) >= 11 is 3.49. The van der Waals surface area contributed by atoms with Crippen LogP contribution in [0.5, 0.6) is 0 Å². The highest BCUT2D eigenvalue weighted by Crippen LogP contribution is 2.26. The third-order valence-corrected chi connectivity index (χ3v) is 4.69. The van der Waals surface area contributed by atoms with Gasteiger partial charge in [0.25, 0.3) is 5.91 Å². The molecule has 116 valence electrons. The Morgan fingerprint density at radius 1 is 1.45 bits per heavy atom. The molecule has 0 spiro atoms. The Bertz CT molecular complexity index is 716. The monoisotopic (exact) mass is 361 g/mol. The molecule has 22 heavy (non-hydrogen) atoms. The largest absolute Gasteiger partial charge is 0.338 e. The molecule has 1 saturated heterocycles. The fraction of sp³-hybridized carbons (Fsp3) is 0.412. The summed E-state index contributed by atoms with van der Waals surface area (Å²) in [6, 6.07) is 7.80. The quantitative estimate of drug-likeness (QED) is 0.913. The molecule has 1 aliphatic rings. The number of rotatable bonds is 3. The van der Waals surface area contributed by atoms with E-state index in [1.165, 1.54) is 0 Å². The van der Waals surface area contributed by atoms with Gasteiger partial charge in [-0.05, 0) is 57.1 Å². The van der Waals surface area contributed by atoms with E-state index in [1.807, 2.05) is 43.1 Å². The second-order valence-electron chi connectivity index (χ2n) is 5.94. The first-order valence-corrected chi connectivity index (χ1v) is 8.38. The number of fused-ring (bicyclic) bond motifs is 1. The molecule has 1 aromatic heterocycles. The van der Waals surface area contributed by atoms with E-state index in [-0.39, 0.29) is 5.91 Å². The zero-order chi connectivity index (χ0) is 15.7. The van der Waals surface area contributed by atoms with Crippen LogP contribution in [0.1, 0.15) is 22.5 Å². The molecule has 5 heteroatoms. The Labute approximate surface area is 139 Å². The maximum absolute atomic E-state index is 12.9. The molecule has 0 radical (unpaired) electrons. The Morgan fingerprint density at radius 2 is 2.27 bits per heavy atom. The number of halogens is 1. The maximum Gasteiger partial charge on any atom is 0.254 e. The molecule has 2 heterocycles. The van der Waals surface area contributed by atoms with Crippen LogP contribution in [0, 0.1) is 12.8 Å². The fourth-order valence-corrected chi connectivity index (χ4v) is 3.51. The molecule has 4 nitrogen and oxygen atoms in total. The first kappa shape index (κ1) is 15.4. The summed E-state index contributed by atoms with van der Waals surface area (Å²) in [4.78, 5) is 19.4. The van der Waals surface area contributed by atoms with Gasteiger partial charge in [0.15, 0.2) is 0 Å². The van der Waals surface area contributed by atoms with Crippen LogP contribution in [-0.2, 0) is 0 Å². The highest BCUT2D eigenvalue weighted by atomic mass is 79.9. The SMILES string of the molecule is CNCC1CCN(C(=O)c2cc(C)nc3ccc(Br)cc23)C1. The molecule has 1 fully saturated rings. The number of nitrogens with zero attached hydrogens (tertiary/aromatic N) is 2. The predicted octanol–water partition coefficient (Wildman–Crippen LogP) is 2.99. The van der Waals surface area contributed by atoms with Crippen molar-refractivity contribution in [3.63, 3.8) is 0 Å². The summed E-state index contributed by atoms with van der Waals surface area (Å²) in [5.41, 5.74) is 2.51. The topological polar surface area (TPSA) is 45.2 Å². The van der Waals surface area contributed by atoms with Gasteiger partial charge in [-0.2, -0.15) is 0 Å². The van der Waals surface area contributed by atoms with Crippen molar-refractivity contribution >= 4 is 32.7 Å². The molecule has 0 bridgehead atoms. The number of hydrogen-bond donors (Lipinski definition) is 1. The van der Waals surface area contributed by atoms with Crippen molar-refractivity contribution < 1.29 is 4.79 Å². The molecule has 0 aliphatic carbocycles. The zero-order valence-corrected chi connectivity index (χ0v) is 14.5. The number of carbonyl (C=O) groups is 1. The zero-order valence-electron chi connectivity index (χ0n) is 12.9. The third-order valence-electron chi connectivity index (χ3n) is 4.20. The van der Waals surface area contributed by atoms with Gasteiger partial charge in [0.2, 0.25) is 0 Å². The van der Waals surface area contributed by atoms with Gasteiger partial charge < -0.3 is 10.2 Å². The lowest BCUT2D eigenvalue weighted by atomic mass is 10.1. The van der Waals surface area contributed by atoms with Crippen LogP contribution in [0.3, 0.4) is 0 Å². The smallest absolute Gasteiger partial charge is 0.254 e. The van der Waals surface area contributed by atoms with Gasteiger partial charge in [-0.25, -0.2) is 0 Å². The Kier molecular flexibility index (Phi) is 4.45. The van der Waals surface area contributed by atoms with Crippen molar-refractivity contribution in [2.45, 2.75) is 13.3 Å². The van der Waals surface area contributed by atoms with Crippen LogP contribution in [0.4, 0.5) is 0 Å². The number of carbonyl (C=O) groups excluding carboxylic acids is 1. The summed E-state index contributed by atoms with van der Waals surface area (Å²) in [5.74, 6) is 0.669. The average molecular weight is 362 g/mol. The third kappa shape index (κ3) is 3.01. The van der Waals surface area contributed by atoms with E-state index < -0.39 is 0 Å². The summed E-state index contributed by atoms with van der Waals surface area (Å²) in [5, 5.41) is 4.12. The minimum atomic E-state index is 0.118. The minimum Gasteiger partial charge on any atom is -0.338 e. The van der Waals surface area contributed by atoms with Gasteiger partial charge >= 0.3 is 0 Å². The lowest BCUT2D eigenvalue weighted by molar-refractivity contribution is 0.0789. The molecule has 1 aromatic carbocycles. The number of pyridine rings is 1. The van der Waals surface area contributed by atoms with Crippen molar-refractivity contribution in [2.75, 3.05) is 26.7 Å². The normalized spacial score (nSPS) is 18.1. The molecule has 2 aromatic rings. The molecular formula is C17H20BrN3O. The van der Waals surface area contributed by atoms with Crippen molar-refractivity contribution in [2.24, 2.45) is 5.92 Å². The highest BCUT2D eigenvalue weighted by Gasteiger charge is 2.27. The van der Waals surface area contributed by atoms with Crippen molar-refractivity contribution in [3.05, 3.63) is 40.0 Å². The number of benzene rings is 1. The maximum atomic E-state index is 12.9. The van der Waals surface area contributed by atoms with Crippen molar-refractivity contribution in [1.29, 1.82) is 0 Å². The van der Waals surface area contributed by atoms with E-state index in [4.69, 9.17) is 0 Å². The van der Waals surface area contributed by atoms with Gasteiger partial charge in [-0.1, -0.05) is 15.9 Å². The van der Waals surface area contributed by atoms with E-state index in [2.05, 4.69) is 26.2 Å². The van der Waals surface area contributed by atoms with E-state index in [0.717, 1.165) is 52.7 Å². The molecule has 1 N–H and O–H groups in total.